The molecule has 0 saturated carbocycles. The van der Waals surface area contributed by atoms with Crippen molar-refractivity contribution in [1.29, 1.82) is 0 Å². The zero-order valence-electron chi connectivity index (χ0n) is 16.7. The van der Waals surface area contributed by atoms with Gasteiger partial charge >= 0.3 is 0 Å². The Kier molecular flexibility index (Phi) is 4.82. The second kappa shape index (κ2) is 7.67. The molecular formula is C23H20ClN5O2. The minimum atomic E-state index is -0.419. The molecule has 0 unspecified atom stereocenters. The van der Waals surface area contributed by atoms with Crippen molar-refractivity contribution in [3.05, 3.63) is 99.6 Å². The van der Waals surface area contributed by atoms with Crippen LogP contribution in [0.1, 0.15) is 34.5 Å². The molecule has 8 heteroatoms. The number of aromatic amines is 1. The zero-order chi connectivity index (χ0) is 21.4. The number of piperidine rings is 1. The lowest BCUT2D eigenvalue weighted by molar-refractivity contribution is 0.0681. The Morgan fingerprint density at radius 1 is 1.06 bits per heavy atom. The summed E-state index contributed by atoms with van der Waals surface area (Å²) >= 11 is 6.16. The number of aromatic nitrogens is 4. The number of rotatable bonds is 3. The number of nitrogens with one attached hydrogen (secondary N) is 1. The number of hydrogen-bond donors (Lipinski definition) is 1. The molecule has 0 aliphatic carbocycles. The molecule has 156 valence electrons. The van der Waals surface area contributed by atoms with Gasteiger partial charge in [0.25, 0.3) is 11.5 Å². The highest BCUT2D eigenvalue weighted by Gasteiger charge is 2.41. The third-order valence-corrected chi connectivity index (χ3v) is 6.31. The van der Waals surface area contributed by atoms with Crippen LogP contribution >= 0.6 is 11.6 Å². The summed E-state index contributed by atoms with van der Waals surface area (Å²) < 4.78 is 1.94. The Labute approximate surface area is 183 Å². The summed E-state index contributed by atoms with van der Waals surface area (Å²) in [6.45, 7) is 1.02. The smallest absolute Gasteiger partial charge is 0.263 e. The van der Waals surface area contributed by atoms with E-state index >= 15 is 0 Å². The second-order valence-electron chi connectivity index (χ2n) is 7.77. The molecule has 31 heavy (non-hydrogen) atoms. The standard InChI is InChI=1S/C23H20ClN5O2/c24-17-6-7-20-27-19(14-29(20)13-17)23(16-4-2-1-3-5-16)8-10-28(11-9-23)22(31)18-12-25-15-26-21(18)30/h1-7,12-15H,8-11H2,(H,25,26,30). The van der Waals surface area contributed by atoms with Crippen LogP contribution in [0.2, 0.25) is 5.02 Å². The molecule has 4 heterocycles. The van der Waals surface area contributed by atoms with Crippen LogP contribution in [0, 0.1) is 0 Å². The molecule has 0 bridgehead atoms. The summed E-state index contributed by atoms with van der Waals surface area (Å²) in [5, 5.41) is 0.646. The summed E-state index contributed by atoms with van der Waals surface area (Å²) in [5.74, 6) is -0.294. The number of halogens is 1. The molecule has 0 radical (unpaired) electrons. The van der Waals surface area contributed by atoms with Crippen LogP contribution in [0.5, 0.6) is 0 Å². The Morgan fingerprint density at radius 3 is 2.58 bits per heavy atom. The first-order valence-electron chi connectivity index (χ1n) is 10.1. The van der Waals surface area contributed by atoms with Crippen LogP contribution in [0.25, 0.3) is 5.65 Å². The van der Waals surface area contributed by atoms with Crippen molar-refractivity contribution in [1.82, 2.24) is 24.3 Å². The maximum absolute atomic E-state index is 12.9. The predicted molar refractivity (Wildman–Crippen MR) is 117 cm³/mol. The lowest BCUT2D eigenvalue weighted by atomic mass is 9.70. The van der Waals surface area contributed by atoms with E-state index in [1.54, 1.807) is 4.90 Å². The fraction of sp³-hybridized carbons (Fsp3) is 0.217. The SMILES string of the molecule is O=C(c1cnc[nH]c1=O)N1CCC(c2ccccc2)(c2cn3cc(Cl)ccc3n2)CC1. The molecule has 1 amide bonds. The van der Waals surface area contributed by atoms with Crippen LogP contribution in [-0.4, -0.2) is 43.2 Å². The number of amides is 1. The van der Waals surface area contributed by atoms with Crippen molar-refractivity contribution < 1.29 is 4.79 Å². The van der Waals surface area contributed by atoms with Crippen LogP contribution in [0.4, 0.5) is 0 Å². The lowest BCUT2D eigenvalue weighted by Gasteiger charge is -2.41. The molecule has 1 aliphatic heterocycles. The summed E-state index contributed by atoms with van der Waals surface area (Å²) in [6.07, 6.45) is 7.87. The van der Waals surface area contributed by atoms with E-state index in [9.17, 15) is 9.59 Å². The number of likely N-dealkylation sites (tertiary alicyclic amines) is 1. The molecule has 0 spiro atoms. The first-order chi connectivity index (χ1) is 15.1. The fourth-order valence-corrected chi connectivity index (χ4v) is 4.57. The van der Waals surface area contributed by atoms with Crippen molar-refractivity contribution in [2.75, 3.05) is 13.1 Å². The largest absolute Gasteiger partial charge is 0.338 e. The minimum absolute atomic E-state index is 0.0667. The zero-order valence-corrected chi connectivity index (χ0v) is 17.4. The molecule has 4 aromatic rings. The van der Waals surface area contributed by atoms with Gasteiger partial charge in [0.1, 0.15) is 11.2 Å². The number of imidazole rings is 1. The van der Waals surface area contributed by atoms with E-state index in [1.807, 2.05) is 47.1 Å². The van der Waals surface area contributed by atoms with Gasteiger partial charge in [-0.1, -0.05) is 41.9 Å². The van der Waals surface area contributed by atoms with Gasteiger partial charge in [-0.15, -0.1) is 0 Å². The van der Waals surface area contributed by atoms with E-state index in [0.29, 0.717) is 31.0 Å². The van der Waals surface area contributed by atoms with Crippen LogP contribution in [0.3, 0.4) is 0 Å². The third-order valence-electron chi connectivity index (χ3n) is 6.08. The van der Waals surface area contributed by atoms with Gasteiger partial charge in [0.05, 0.1) is 17.0 Å². The Hall–Kier alpha value is -3.45. The monoisotopic (exact) mass is 433 g/mol. The first-order valence-corrected chi connectivity index (χ1v) is 10.5. The Morgan fingerprint density at radius 2 is 1.84 bits per heavy atom. The summed E-state index contributed by atoms with van der Waals surface area (Å²) in [7, 11) is 0. The molecule has 1 saturated heterocycles. The normalized spacial score (nSPS) is 15.8. The van der Waals surface area contributed by atoms with Gasteiger partial charge in [0.2, 0.25) is 0 Å². The molecule has 1 fully saturated rings. The molecule has 1 aromatic carbocycles. The van der Waals surface area contributed by atoms with Crippen molar-refractivity contribution in [3.8, 4) is 0 Å². The summed E-state index contributed by atoms with van der Waals surface area (Å²) in [4.78, 5) is 37.9. The molecule has 3 aromatic heterocycles. The first kappa shape index (κ1) is 19.5. The van der Waals surface area contributed by atoms with Gasteiger partial charge in [-0.3, -0.25) is 9.59 Å². The Balaban J connectivity index is 1.51. The van der Waals surface area contributed by atoms with E-state index in [-0.39, 0.29) is 16.9 Å². The average molecular weight is 434 g/mol. The summed E-state index contributed by atoms with van der Waals surface area (Å²) in [6, 6.07) is 14.0. The van der Waals surface area contributed by atoms with E-state index in [4.69, 9.17) is 16.6 Å². The summed E-state index contributed by atoms with van der Waals surface area (Å²) in [5.41, 5.74) is 2.25. The topological polar surface area (TPSA) is 83.4 Å². The van der Waals surface area contributed by atoms with Crippen molar-refractivity contribution in [2.24, 2.45) is 0 Å². The van der Waals surface area contributed by atoms with Crippen LogP contribution in [-0.2, 0) is 5.41 Å². The average Bonchev–Trinajstić information content (AvgIpc) is 3.23. The molecule has 5 rings (SSSR count). The lowest BCUT2D eigenvalue weighted by Crippen LogP contribution is -2.47. The fourth-order valence-electron chi connectivity index (χ4n) is 4.40. The van der Waals surface area contributed by atoms with Crippen molar-refractivity contribution >= 4 is 23.2 Å². The number of carbonyl (C=O) groups is 1. The van der Waals surface area contributed by atoms with E-state index in [0.717, 1.165) is 16.9 Å². The van der Waals surface area contributed by atoms with Crippen LogP contribution in [0.15, 0.2) is 72.2 Å². The number of H-pyrrole nitrogens is 1. The molecular weight excluding hydrogens is 414 g/mol. The van der Waals surface area contributed by atoms with Gasteiger partial charge in [0, 0.05) is 37.1 Å². The number of carbonyl (C=O) groups excluding carboxylic acids is 1. The highest BCUT2D eigenvalue weighted by atomic mass is 35.5. The minimum Gasteiger partial charge on any atom is -0.338 e. The van der Waals surface area contributed by atoms with Gasteiger partial charge in [-0.05, 0) is 30.5 Å². The number of hydrogen-bond acceptors (Lipinski definition) is 4. The molecule has 1 N–H and O–H groups in total. The number of nitrogens with zero attached hydrogens (tertiary/aromatic N) is 4. The number of fused-ring (bicyclic) bond motifs is 1. The maximum Gasteiger partial charge on any atom is 0.263 e. The third kappa shape index (κ3) is 3.41. The van der Waals surface area contributed by atoms with Gasteiger partial charge in [0.15, 0.2) is 0 Å². The van der Waals surface area contributed by atoms with E-state index in [1.165, 1.54) is 12.5 Å². The predicted octanol–water partition coefficient (Wildman–Crippen LogP) is 3.29. The quantitative estimate of drug-likeness (QED) is 0.537. The molecule has 7 nitrogen and oxygen atoms in total. The second-order valence-corrected chi connectivity index (χ2v) is 8.21. The van der Waals surface area contributed by atoms with Gasteiger partial charge < -0.3 is 14.3 Å². The Bertz CT molecular complexity index is 1310. The van der Waals surface area contributed by atoms with Crippen molar-refractivity contribution in [3.63, 3.8) is 0 Å². The number of benzene rings is 1. The van der Waals surface area contributed by atoms with E-state index in [2.05, 4.69) is 22.1 Å². The molecule has 0 atom stereocenters. The van der Waals surface area contributed by atoms with E-state index < -0.39 is 5.56 Å². The number of pyridine rings is 1. The maximum atomic E-state index is 12.9. The van der Waals surface area contributed by atoms with Gasteiger partial charge in [-0.25, -0.2) is 9.97 Å². The van der Waals surface area contributed by atoms with Gasteiger partial charge in [-0.2, -0.15) is 0 Å². The highest BCUT2D eigenvalue weighted by Crippen LogP contribution is 2.41. The van der Waals surface area contributed by atoms with Crippen molar-refractivity contribution in [2.45, 2.75) is 18.3 Å². The highest BCUT2D eigenvalue weighted by molar-refractivity contribution is 6.30. The van der Waals surface area contributed by atoms with Crippen LogP contribution < -0.4 is 5.56 Å². The molecule has 1 aliphatic rings.